The smallest absolute Gasteiger partial charge is 0.410 e. The van der Waals surface area contributed by atoms with E-state index in [-0.39, 0.29) is 23.3 Å². The van der Waals surface area contributed by atoms with Crippen molar-refractivity contribution >= 4 is 17.3 Å². The monoisotopic (exact) mass is 417 g/mol. The number of benzene rings is 1. The molecule has 2 rings (SSSR count). The third-order valence-corrected chi connectivity index (χ3v) is 5.51. The summed E-state index contributed by atoms with van der Waals surface area (Å²) in [6.45, 7) is 7.15. The van der Waals surface area contributed by atoms with Crippen molar-refractivity contribution in [3.8, 4) is 5.75 Å². The molecule has 1 unspecified atom stereocenters. The Hall–Kier alpha value is -1.54. The first-order valence-electron chi connectivity index (χ1n) is 9.50. The van der Waals surface area contributed by atoms with Crippen molar-refractivity contribution in [1.29, 1.82) is 0 Å². The molecule has 1 aliphatic rings. The van der Waals surface area contributed by atoms with Gasteiger partial charge in [0.1, 0.15) is 11.9 Å². The molecule has 0 bridgehead atoms. The Balaban J connectivity index is 1.71. The van der Waals surface area contributed by atoms with E-state index in [2.05, 4.69) is 0 Å². The van der Waals surface area contributed by atoms with Crippen molar-refractivity contribution in [3.63, 3.8) is 0 Å². The maximum Gasteiger partial charge on any atom is 0.410 e. The number of ether oxygens (including phenoxy) is 2. The molecule has 0 aliphatic carbocycles. The van der Waals surface area contributed by atoms with Crippen molar-refractivity contribution in [2.75, 3.05) is 26.0 Å². The minimum atomic E-state index is -1.59. The highest BCUT2D eigenvalue weighted by atomic mass is 32.2. The summed E-state index contributed by atoms with van der Waals surface area (Å²) in [6, 6.07) is 1.87. The molecule has 158 valence electrons. The molecule has 1 aliphatic heterocycles. The molecule has 1 aromatic carbocycles. The average molecular weight is 418 g/mol. The Morgan fingerprint density at radius 3 is 2.46 bits per heavy atom. The molecule has 0 spiro atoms. The number of hydrogen-bond acceptors (Lipinski definition) is 4. The van der Waals surface area contributed by atoms with Crippen LogP contribution in [0.4, 0.5) is 13.6 Å². The summed E-state index contributed by atoms with van der Waals surface area (Å²) in [7, 11) is 0. The first-order valence-corrected chi connectivity index (χ1v) is 11.1. The minimum Gasteiger partial charge on any atom is -0.612 e. The predicted molar refractivity (Wildman–Crippen MR) is 104 cm³/mol. The van der Waals surface area contributed by atoms with Crippen LogP contribution in [0.2, 0.25) is 0 Å². The maximum atomic E-state index is 13.9. The van der Waals surface area contributed by atoms with E-state index in [4.69, 9.17) is 9.47 Å². The molecule has 0 radical (unpaired) electrons. The molecule has 0 aromatic heterocycles. The Labute approximate surface area is 168 Å². The van der Waals surface area contributed by atoms with E-state index in [9.17, 15) is 18.1 Å². The first kappa shape index (κ1) is 22.7. The highest BCUT2D eigenvalue weighted by Crippen LogP contribution is 2.26. The Kier molecular flexibility index (Phi) is 7.95. The van der Waals surface area contributed by atoms with Gasteiger partial charge in [-0.15, -0.1) is 0 Å². The van der Waals surface area contributed by atoms with E-state index in [0.717, 1.165) is 31.4 Å². The van der Waals surface area contributed by atoms with Crippen LogP contribution < -0.4 is 4.74 Å². The van der Waals surface area contributed by atoms with E-state index in [0.29, 0.717) is 25.4 Å². The van der Waals surface area contributed by atoms with Gasteiger partial charge in [-0.1, -0.05) is 0 Å². The third-order valence-electron chi connectivity index (χ3n) is 4.58. The van der Waals surface area contributed by atoms with Gasteiger partial charge in [-0.3, -0.25) is 0 Å². The number of nitrogens with zero attached hydrogens (tertiary/aromatic N) is 1. The van der Waals surface area contributed by atoms with E-state index >= 15 is 0 Å². The summed E-state index contributed by atoms with van der Waals surface area (Å²) in [4.78, 5) is 13.6. The van der Waals surface area contributed by atoms with Gasteiger partial charge in [-0.2, -0.15) is 0 Å². The number of hydrogen-bond donors (Lipinski definition) is 0. The molecule has 1 aromatic rings. The van der Waals surface area contributed by atoms with Gasteiger partial charge < -0.3 is 18.9 Å². The number of piperidine rings is 1. The second-order valence-corrected chi connectivity index (χ2v) is 9.42. The van der Waals surface area contributed by atoms with Gasteiger partial charge in [0.2, 0.25) is 0 Å². The summed E-state index contributed by atoms with van der Waals surface area (Å²) in [5.41, 5.74) is -0.496. The molecule has 0 saturated carbocycles. The topological polar surface area (TPSA) is 61.8 Å². The van der Waals surface area contributed by atoms with Crippen molar-refractivity contribution in [2.24, 2.45) is 5.92 Å². The van der Waals surface area contributed by atoms with Gasteiger partial charge in [0.15, 0.2) is 22.3 Å². The highest BCUT2D eigenvalue weighted by Gasteiger charge is 2.26. The number of rotatable bonds is 6. The van der Waals surface area contributed by atoms with Gasteiger partial charge in [-0.05, 0) is 63.5 Å². The Morgan fingerprint density at radius 2 is 1.89 bits per heavy atom. The van der Waals surface area contributed by atoms with E-state index in [1.54, 1.807) is 4.90 Å². The summed E-state index contributed by atoms with van der Waals surface area (Å²) < 4.78 is 49.8. The van der Waals surface area contributed by atoms with Gasteiger partial charge >= 0.3 is 6.09 Å². The van der Waals surface area contributed by atoms with E-state index < -0.39 is 28.4 Å². The predicted octanol–water partition coefficient (Wildman–Crippen LogP) is 4.51. The molecule has 1 heterocycles. The van der Waals surface area contributed by atoms with Crippen molar-refractivity contribution in [3.05, 3.63) is 23.8 Å². The van der Waals surface area contributed by atoms with E-state index in [1.165, 1.54) is 6.26 Å². The fourth-order valence-corrected chi connectivity index (χ4v) is 3.73. The molecule has 1 atom stereocenters. The number of amides is 1. The highest BCUT2D eigenvalue weighted by molar-refractivity contribution is 7.90. The number of carbonyl (C=O) groups excluding carboxylic acids is 1. The zero-order chi connectivity index (χ0) is 20.9. The second kappa shape index (κ2) is 9.78. The lowest BCUT2D eigenvalue weighted by Crippen LogP contribution is -2.41. The lowest BCUT2D eigenvalue weighted by atomic mass is 9.92. The SMILES string of the molecule is C[S+]([O-])c1cc(F)c(OCCCC2CCN(C(=O)OC(C)(C)C)CC2)cc1F. The van der Waals surface area contributed by atoms with Gasteiger partial charge in [0, 0.05) is 25.2 Å². The molecule has 1 amide bonds. The van der Waals surface area contributed by atoms with Gasteiger partial charge in [0.25, 0.3) is 0 Å². The quantitative estimate of drug-likeness (QED) is 0.505. The van der Waals surface area contributed by atoms with E-state index in [1.807, 2.05) is 20.8 Å². The number of carbonyl (C=O) groups is 1. The molecular formula is C20H29F2NO4S. The fourth-order valence-electron chi connectivity index (χ4n) is 3.13. The minimum absolute atomic E-state index is 0.161. The molecular weight excluding hydrogens is 388 g/mol. The summed E-state index contributed by atoms with van der Waals surface area (Å²) in [5, 5.41) is 0. The largest absolute Gasteiger partial charge is 0.612 e. The fraction of sp³-hybridized carbons (Fsp3) is 0.650. The third kappa shape index (κ3) is 6.81. The average Bonchev–Trinajstić information content (AvgIpc) is 2.60. The van der Waals surface area contributed by atoms with Gasteiger partial charge in [-0.25, -0.2) is 13.6 Å². The van der Waals surface area contributed by atoms with Crippen molar-refractivity contribution < 1.29 is 27.6 Å². The molecule has 5 nitrogen and oxygen atoms in total. The lowest BCUT2D eigenvalue weighted by Gasteiger charge is -2.33. The summed E-state index contributed by atoms with van der Waals surface area (Å²) in [6.07, 6.45) is 4.40. The lowest BCUT2D eigenvalue weighted by molar-refractivity contribution is 0.0179. The van der Waals surface area contributed by atoms with Crippen LogP contribution in [-0.4, -0.2) is 47.1 Å². The zero-order valence-corrected chi connectivity index (χ0v) is 17.7. The Morgan fingerprint density at radius 1 is 1.25 bits per heavy atom. The van der Waals surface area contributed by atoms with Crippen LogP contribution in [0.15, 0.2) is 17.0 Å². The van der Waals surface area contributed by atoms with Crippen LogP contribution in [0.5, 0.6) is 5.75 Å². The van der Waals surface area contributed by atoms with Crippen LogP contribution in [0, 0.1) is 17.6 Å². The van der Waals surface area contributed by atoms with Crippen LogP contribution in [0.25, 0.3) is 0 Å². The number of halogens is 2. The number of likely N-dealkylation sites (tertiary alicyclic amines) is 1. The van der Waals surface area contributed by atoms with Crippen LogP contribution in [-0.2, 0) is 15.9 Å². The first-order chi connectivity index (χ1) is 13.1. The van der Waals surface area contributed by atoms with Crippen molar-refractivity contribution in [1.82, 2.24) is 4.90 Å². The molecule has 1 fully saturated rings. The van der Waals surface area contributed by atoms with Crippen LogP contribution in [0.1, 0.15) is 46.5 Å². The van der Waals surface area contributed by atoms with Crippen LogP contribution in [0.3, 0.4) is 0 Å². The molecule has 0 N–H and O–H groups in total. The molecule has 8 heteroatoms. The normalized spacial score (nSPS) is 16.8. The van der Waals surface area contributed by atoms with Crippen LogP contribution >= 0.6 is 0 Å². The van der Waals surface area contributed by atoms with Crippen molar-refractivity contribution in [2.45, 2.75) is 57.0 Å². The Bertz CT molecular complexity index is 671. The molecule has 1 saturated heterocycles. The molecule has 28 heavy (non-hydrogen) atoms. The zero-order valence-electron chi connectivity index (χ0n) is 16.9. The second-order valence-electron chi connectivity index (χ2n) is 8.07. The van der Waals surface area contributed by atoms with Gasteiger partial charge in [0.05, 0.1) is 6.61 Å². The summed E-state index contributed by atoms with van der Waals surface area (Å²) >= 11 is -1.59. The summed E-state index contributed by atoms with van der Waals surface area (Å²) in [5.74, 6) is -1.13. The standard InChI is InChI=1S/C20H29F2NO4S/c1-20(2,3)27-19(24)23-9-7-14(8-10-23)6-5-11-26-17-12-16(22)18(28(4)25)13-15(17)21/h12-14H,5-11H2,1-4H3. The maximum absolute atomic E-state index is 13.9.